The summed E-state index contributed by atoms with van der Waals surface area (Å²) < 4.78 is 26.4. The summed E-state index contributed by atoms with van der Waals surface area (Å²) in [5.74, 6) is -1.08. The molecule has 3 nitrogen and oxygen atoms in total. The van der Waals surface area contributed by atoms with E-state index in [1.54, 1.807) is 12.3 Å². The molecule has 23 heavy (non-hydrogen) atoms. The molecule has 1 aromatic heterocycles. The van der Waals surface area contributed by atoms with Crippen molar-refractivity contribution in [2.45, 2.75) is 19.4 Å². The maximum absolute atomic E-state index is 13.4. The van der Waals surface area contributed by atoms with Crippen molar-refractivity contribution < 1.29 is 8.78 Å². The molecular formula is C18H21F2N3. The molecule has 0 saturated carbocycles. The summed E-state index contributed by atoms with van der Waals surface area (Å²) in [6.45, 7) is 4.76. The van der Waals surface area contributed by atoms with Crippen molar-refractivity contribution in [1.82, 2.24) is 10.3 Å². The van der Waals surface area contributed by atoms with Gasteiger partial charge >= 0.3 is 0 Å². The van der Waals surface area contributed by atoms with Crippen LogP contribution < -0.4 is 10.2 Å². The molecule has 0 unspecified atom stereocenters. The maximum Gasteiger partial charge on any atom is 0.160 e. The van der Waals surface area contributed by atoms with E-state index in [9.17, 15) is 8.78 Å². The van der Waals surface area contributed by atoms with E-state index in [2.05, 4.69) is 28.2 Å². The summed E-state index contributed by atoms with van der Waals surface area (Å²) in [7, 11) is 0. The largest absolute Gasteiger partial charge is 0.371 e. The molecular weight excluding hydrogens is 296 g/mol. The molecule has 1 saturated heterocycles. The second-order valence-corrected chi connectivity index (χ2v) is 6.12. The normalized spacial score (nSPS) is 19.1. The van der Waals surface area contributed by atoms with E-state index < -0.39 is 11.6 Å². The first kappa shape index (κ1) is 15.9. The number of benzene rings is 1. The average Bonchev–Trinajstić information content (AvgIpc) is 3.05. The number of nitrogens with zero attached hydrogens (tertiary/aromatic N) is 2. The van der Waals surface area contributed by atoms with Crippen LogP contribution in [0.5, 0.6) is 0 Å². The number of hydrogen-bond donors (Lipinski definition) is 1. The highest BCUT2D eigenvalue weighted by Gasteiger charge is 2.23. The van der Waals surface area contributed by atoms with Crippen molar-refractivity contribution in [3.8, 4) is 0 Å². The Bertz CT molecular complexity index is 648. The van der Waals surface area contributed by atoms with Gasteiger partial charge in [0.1, 0.15) is 0 Å². The third-order valence-electron chi connectivity index (χ3n) is 4.45. The standard InChI is InChI=1S/C18H21F2N3/c1-13(15-3-2-7-21-11-15)22-10-14-6-8-23(12-14)16-4-5-17(19)18(20)9-16/h2-5,7,9,11,13-14,22H,6,8,10,12H2,1H3/t13-,14-/m1/s1. The lowest BCUT2D eigenvalue weighted by Crippen LogP contribution is -2.28. The van der Waals surface area contributed by atoms with E-state index in [-0.39, 0.29) is 6.04 Å². The minimum atomic E-state index is -0.795. The molecule has 2 heterocycles. The molecule has 0 aliphatic carbocycles. The van der Waals surface area contributed by atoms with Gasteiger partial charge in [-0.2, -0.15) is 0 Å². The third kappa shape index (κ3) is 3.85. The summed E-state index contributed by atoms with van der Waals surface area (Å²) in [6.07, 6.45) is 4.69. The summed E-state index contributed by atoms with van der Waals surface area (Å²) in [6, 6.07) is 8.37. The molecule has 0 amide bonds. The van der Waals surface area contributed by atoms with Gasteiger partial charge in [0.2, 0.25) is 0 Å². The molecule has 0 bridgehead atoms. The number of halogens is 2. The van der Waals surface area contributed by atoms with Gasteiger partial charge in [0.15, 0.2) is 11.6 Å². The van der Waals surface area contributed by atoms with Gasteiger partial charge in [0, 0.05) is 49.8 Å². The first-order chi connectivity index (χ1) is 11.1. The van der Waals surface area contributed by atoms with Crippen LogP contribution in [0.4, 0.5) is 14.5 Å². The van der Waals surface area contributed by atoms with E-state index in [1.165, 1.54) is 17.7 Å². The molecule has 1 aliphatic heterocycles. The Hall–Kier alpha value is -2.01. The van der Waals surface area contributed by atoms with Gasteiger partial charge in [-0.3, -0.25) is 4.98 Å². The van der Waals surface area contributed by atoms with Crippen LogP contribution in [0.25, 0.3) is 0 Å². The van der Waals surface area contributed by atoms with Gasteiger partial charge in [-0.15, -0.1) is 0 Å². The molecule has 2 aromatic rings. The van der Waals surface area contributed by atoms with E-state index in [0.29, 0.717) is 5.92 Å². The highest BCUT2D eigenvalue weighted by molar-refractivity contribution is 5.47. The SMILES string of the molecule is C[C@@H](NC[C@H]1CCN(c2ccc(F)c(F)c2)C1)c1cccnc1. The Morgan fingerprint density at radius 2 is 2.17 bits per heavy atom. The van der Waals surface area contributed by atoms with E-state index in [1.807, 2.05) is 12.3 Å². The second kappa shape index (κ2) is 7.04. The zero-order valence-corrected chi connectivity index (χ0v) is 13.2. The van der Waals surface area contributed by atoms with Gasteiger partial charge in [-0.05, 0) is 43.0 Å². The quantitative estimate of drug-likeness (QED) is 0.914. The van der Waals surface area contributed by atoms with Crippen LogP contribution in [-0.4, -0.2) is 24.6 Å². The topological polar surface area (TPSA) is 28.2 Å². The lowest BCUT2D eigenvalue weighted by molar-refractivity contribution is 0.472. The minimum Gasteiger partial charge on any atom is -0.371 e. The van der Waals surface area contributed by atoms with Gasteiger partial charge < -0.3 is 10.2 Å². The number of hydrogen-bond acceptors (Lipinski definition) is 3. The van der Waals surface area contributed by atoms with Crippen LogP contribution in [0, 0.1) is 17.6 Å². The number of aromatic nitrogens is 1. The fourth-order valence-corrected chi connectivity index (χ4v) is 3.01. The molecule has 0 radical (unpaired) electrons. The fourth-order valence-electron chi connectivity index (χ4n) is 3.01. The minimum absolute atomic E-state index is 0.251. The number of anilines is 1. The van der Waals surface area contributed by atoms with Gasteiger partial charge in [0.05, 0.1) is 0 Å². The van der Waals surface area contributed by atoms with E-state index in [4.69, 9.17) is 0 Å². The predicted molar refractivity (Wildman–Crippen MR) is 87.3 cm³/mol. The highest BCUT2D eigenvalue weighted by atomic mass is 19.2. The predicted octanol–water partition coefficient (Wildman–Crippen LogP) is 3.54. The Morgan fingerprint density at radius 1 is 1.30 bits per heavy atom. The maximum atomic E-state index is 13.4. The Labute approximate surface area is 135 Å². The summed E-state index contributed by atoms with van der Waals surface area (Å²) in [4.78, 5) is 6.25. The highest BCUT2D eigenvalue weighted by Crippen LogP contribution is 2.25. The summed E-state index contributed by atoms with van der Waals surface area (Å²) in [5, 5.41) is 3.53. The van der Waals surface area contributed by atoms with Crippen molar-refractivity contribution in [3.63, 3.8) is 0 Å². The van der Waals surface area contributed by atoms with Crippen LogP contribution >= 0.6 is 0 Å². The molecule has 1 aromatic carbocycles. The van der Waals surface area contributed by atoms with Crippen molar-refractivity contribution in [2.75, 3.05) is 24.5 Å². The molecule has 1 aliphatic rings. The Morgan fingerprint density at radius 3 is 2.91 bits per heavy atom. The van der Waals surface area contributed by atoms with E-state index >= 15 is 0 Å². The van der Waals surface area contributed by atoms with Crippen LogP contribution in [0.15, 0.2) is 42.7 Å². The lowest BCUT2D eigenvalue weighted by atomic mass is 10.1. The van der Waals surface area contributed by atoms with Crippen molar-refractivity contribution in [2.24, 2.45) is 5.92 Å². The van der Waals surface area contributed by atoms with Crippen LogP contribution in [0.2, 0.25) is 0 Å². The average molecular weight is 317 g/mol. The summed E-state index contributed by atoms with van der Waals surface area (Å²) >= 11 is 0. The van der Waals surface area contributed by atoms with Crippen molar-refractivity contribution in [1.29, 1.82) is 0 Å². The van der Waals surface area contributed by atoms with Crippen LogP contribution in [0.1, 0.15) is 24.9 Å². The number of rotatable bonds is 5. The summed E-state index contributed by atoms with van der Waals surface area (Å²) in [5.41, 5.74) is 1.93. The second-order valence-electron chi connectivity index (χ2n) is 6.12. The molecule has 0 spiro atoms. The molecule has 2 atom stereocenters. The number of pyridine rings is 1. The Kier molecular flexibility index (Phi) is 4.86. The van der Waals surface area contributed by atoms with Crippen LogP contribution in [-0.2, 0) is 0 Å². The van der Waals surface area contributed by atoms with Gasteiger partial charge in [0.25, 0.3) is 0 Å². The molecule has 1 N–H and O–H groups in total. The van der Waals surface area contributed by atoms with Crippen molar-refractivity contribution >= 4 is 5.69 Å². The third-order valence-corrected chi connectivity index (χ3v) is 4.45. The van der Waals surface area contributed by atoms with E-state index in [0.717, 1.165) is 31.7 Å². The molecule has 1 fully saturated rings. The van der Waals surface area contributed by atoms with Gasteiger partial charge in [-0.1, -0.05) is 6.07 Å². The first-order valence-corrected chi connectivity index (χ1v) is 7.97. The molecule has 5 heteroatoms. The fraction of sp³-hybridized carbons (Fsp3) is 0.389. The van der Waals surface area contributed by atoms with Gasteiger partial charge in [-0.25, -0.2) is 8.78 Å². The first-order valence-electron chi connectivity index (χ1n) is 7.97. The number of nitrogens with one attached hydrogen (secondary N) is 1. The molecule has 122 valence electrons. The Balaban J connectivity index is 1.53. The molecule has 3 rings (SSSR count). The zero-order valence-electron chi connectivity index (χ0n) is 13.2. The lowest BCUT2D eigenvalue weighted by Gasteiger charge is -2.20. The zero-order chi connectivity index (χ0) is 16.2. The smallest absolute Gasteiger partial charge is 0.160 e. The van der Waals surface area contributed by atoms with Crippen molar-refractivity contribution in [3.05, 3.63) is 59.9 Å². The monoisotopic (exact) mass is 317 g/mol. The van der Waals surface area contributed by atoms with Crippen LogP contribution in [0.3, 0.4) is 0 Å².